The molecule has 0 aliphatic rings. The van der Waals surface area contributed by atoms with Crippen molar-refractivity contribution in [2.45, 2.75) is 0 Å². The summed E-state index contributed by atoms with van der Waals surface area (Å²) in [5, 5.41) is 0. The van der Waals surface area contributed by atoms with Crippen molar-refractivity contribution in [3.63, 3.8) is 0 Å². The van der Waals surface area contributed by atoms with Gasteiger partial charge in [-0.15, -0.1) is 0 Å². The zero-order valence-corrected chi connectivity index (χ0v) is 6.65. The zero-order chi connectivity index (χ0) is 4.28. The summed E-state index contributed by atoms with van der Waals surface area (Å²) in [5.74, 6) is 0. The molecule has 0 saturated heterocycles. The van der Waals surface area contributed by atoms with Crippen LogP contribution < -0.4 is 0 Å². The normalized spacial score (nSPS) is 5.67. The molecule has 0 saturated carbocycles. The average Bonchev–Trinajstić information content (AvgIpc) is 1.38. The van der Waals surface area contributed by atoms with Gasteiger partial charge in [0.1, 0.15) is 0 Å². The second kappa shape index (κ2) is 5.53. The average molecular weight is 137 g/mol. The Hall–Kier alpha value is 0.531. The maximum atomic E-state index is 9.64. The molecule has 0 spiro atoms. The van der Waals surface area contributed by atoms with Crippen LogP contribution in [0.1, 0.15) is 0 Å². The SMILES string of the molecule is CN(C)[SiH]=O.[Ti+4]. The van der Waals surface area contributed by atoms with Crippen LogP contribution in [0.5, 0.6) is 0 Å². The second-order valence-corrected chi connectivity index (χ2v) is 2.31. The number of hydrogen-bond donors (Lipinski definition) is 0. The molecule has 0 aromatic rings. The molecule has 0 radical (unpaired) electrons. The van der Waals surface area contributed by atoms with Gasteiger partial charge in [-0.2, -0.15) is 0 Å². The predicted octanol–water partition coefficient (Wildman–Crippen LogP) is -0.758. The van der Waals surface area contributed by atoms with Crippen molar-refractivity contribution in [2.24, 2.45) is 0 Å². The van der Waals surface area contributed by atoms with Crippen LogP contribution in [0.2, 0.25) is 0 Å². The Labute approximate surface area is 54.8 Å². The van der Waals surface area contributed by atoms with Crippen molar-refractivity contribution in [1.82, 2.24) is 4.57 Å². The Morgan fingerprint density at radius 2 is 1.67 bits per heavy atom. The van der Waals surface area contributed by atoms with E-state index in [1.807, 2.05) is 0 Å². The topological polar surface area (TPSA) is 20.3 Å². The minimum absolute atomic E-state index is 0. The van der Waals surface area contributed by atoms with Crippen LogP contribution in [0.25, 0.3) is 0 Å². The van der Waals surface area contributed by atoms with Gasteiger partial charge >= 0.3 is 31.3 Å². The molecule has 0 atom stereocenters. The Kier molecular flexibility index (Phi) is 8.97. The van der Waals surface area contributed by atoms with Gasteiger partial charge in [-0.1, -0.05) is 0 Å². The molecule has 0 amide bonds. The largest absolute Gasteiger partial charge is 4.00 e. The van der Waals surface area contributed by atoms with Gasteiger partial charge in [-0.25, -0.2) is 0 Å². The van der Waals surface area contributed by atoms with Crippen LogP contribution in [0.4, 0.5) is 0 Å². The summed E-state index contributed by atoms with van der Waals surface area (Å²) in [6.45, 7) is 0. The van der Waals surface area contributed by atoms with E-state index in [-0.39, 0.29) is 21.7 Å². The first kappa shape index (κ1) is 9.73. The van der Waals surface area contributed by atoms with Crippen molar-refractivity contribution in [3.8, 4) is 0 Å². The summed E-state index contributed by atoms with van der Waals surface area (Å²) >= 11 is 0. The van der Waals surface area contributed by atoms with Crippen molar-refractivity contribution < 1.29 is 26.2 Å². The molecular formula is C2H7NOSiTi+4. The minimum atomic E-state index is -0.685. The molecular weight excluding hydrogens is 130 g/mol. The van der Waals surface area contributed by atoms with E-state index in [4.69, 9.17) is 0 Å². The summed E-state index contributed by atoms with van der Waals surface area (Å²) in [6, 6.07) is 0. The third-order valence-electron chi connectivity index (χ3n) is 0.211. The molecule has 4 heteroatoms. The molecule has 2 nitrogen and oxygen atoms in total. The van der Waals surface area contributed by atoms with Gasteiger partial charge in [-0.05, 0) is 14.1 Å². The fourth-order valence-electron chi connectivity index (χ4n) is 0. The van der Waals surface area contributed by atoms with Crippen LogP contribution in [-0.2, 0) is 26.2 Å². The second-order valence-electron chi connectivity index (χ2n) is 1.07. The van der Waals surface area contributed by atoms with E-state index in [9.17, 15) is 4.46 Å². The van der Waals surface area contributed by atoms with Crippen LogP contribution in [0, 0.1) is 0 Å². The molecule has 0 rings (SSSR count). The van der Waals surface area contributed by atoms with E-state index in [0.29, 0.717) is 0 Å². The molecule has 0 bridgehead atoms. The summed E-state index contributed by atoms with van der Waals surface area (Å²) < 4.78 is 11.3. The summed E-state index contributed by atoms with van der Waals surface area (Å²) in [6.07, 6.45) is 0. The maximum absolute atomic E-state index is 9.64. The molecule has 0 heterocycles. The first-order chi connectivity index (χ1) is 2.27. The molecule has 0 unspecified atom stereocenters. The van der Waals surface area contributed by atoms with E-state index >= 15 is 0 Å². The van der Waals surface area contributed by atoms with Crippen LogP contribution >= 0.6 is 0 Å². The van der Waals surface area contributed by atoms with Gasteiger partial charge in [0, 0.05) is 0 Å². The molecule has 0 aliphatic carbocycles. The van der Waals surface area contributed by atoms with E-state index in [2.05, 4.69) is 0 Å². The summed E-state index contributed by atoms with van der Waals surface area (Å²) in [5.41, 5.74) is 0. The van der Waals surface area contributed by atoms with Gasteiger partial charge in [0.25, 0.3) is 0 Å². The van der Waals surface area contributed by atoms with Gasteiger partial charge in [-0.3, -0.25) is 0 Å². The molecule has 0 aromatic heterocycles. The molecule has 0 aliphatic heterocycles. The first-order valence-corrected chi connectivity index (χ1v) is 2.38. The number of hydrogen-bond acceptors (Lipinski definition) is 1. The predicted molar refractivity (Wildman–Crippen MR) is 21.5 cm³/mol. The summed E-state index contributed by atoms with van der Waals surface area (Å²) in [4.78, 5) is 0. The van der Waals surface area contributed by atoms with Crippen molar-refractivity contribution >= 4 is 9.57 Å². The van der Waals surface area contributed by atoms with E-state index in [1.54, 1.807) is 18.7 Å². The van der Waals surface area contributed by atoms with Crippen LogP contribution in [0.15, 0.2) is 0 Å². The Bertz CT molecular complexity index is 40.5. The quantitative estimate of drug-likeness (QED) is 0.443. The van der Waals surface area contributed by atoms with Gasteiger partial charge in [0.2, 0.25) is 0 Å². The maximum Gasteiger partial charge on any atom is 4.00 e. The molecule has 0 fully saturated rings. The van der Waals surface area contributed by atoms with Crippen molar-refractivity contribution in [2.75, 3.05) is 14.1 Å². The number of nitrogens with zero attached hydrogens (tertiary/aromatic N) is 1. The van der Waals surface area contributed by atoms with Crippen molar-refractivity contribution in [3.05, 3.63) is 0 Å². The van der Waals surface area contributed by atoms with E-state index in [0.717, 1.165) is 0 Å². The fourth-order valence-corrected chi connectivity index (χ4v) is 0. The Morgan fingerprint density at radius 1 is 1.50 bits per heavy atom. The zero-order valence-electron chi connectivity index (χ0n) is 3.93. The van der Waals surface area contributed by atoms with Crippen LogP contribution in [0.3, 0.4) is 0 Å². The Balaban J connectivity index is 0. The minimum Gasteiger partial charge on any atom is -0.385 e. The Morgan fingerprint density at radius 3 is 1.67 bits per heavy atom. The molecule has 0 aromatic carbocycles. The third kappa shape index (κ3) is 8.82. The number of rotatable bonds is 1. The third-order valence-corrected chi connectivity index (χ3v) is 0.632. The molecule has 6 heavy (non-hydrogen) atoms. The molecule has 30 valence electrons. The monoisotopic (exact) mass is 137 g/mol. The smallest absolute Gasteiger partial charge is 0.385 e. The van der Waals surface area contributed by atoms with Gasteiger partial charge in [0.05, 0.1) is 0 Å². The van der Waals surface area contributed by atoms with E-state index < -0.39 is 9.57 Å². The van der Waals surface area contributed by atoms with Gasteiger partial charge < -0.3 is 9.03 Å². The van der Waals surface area contributed by atoms with Gasteiger partial charge in [0.15, 0.2) is 0 Å². The fraction of sp³-hybridized carbons (Fsp3) is 1.00. The standard InChI is InChI=1S/C2H7NOSi.Ti/c1-3(2)5-4;/h5H,1-2H3;/q;+4. The van der Waals surface area contributed by atoms with Crippen molar-refractivity contribution in [1.29, 1.82) is 0 Å². The van der Waals surface area contributed by atoms with Crippen LogP contribution in [-0.4, -0.2) is 28.2 Å². The van der Waals surface area contributed by atoms with E-state index in [1.165, 1.54) is 0 Å². The summed E-state index contributed by atoms with van der Waals surface area (Å²) in [7, 11) is 2.87. The molecule has 0 N–H and O–H groups in total. The first-order valence-electron chi connectivity index (χ1n) is 1.39.